The lowest BCUT2D eigenvalue weighted by atomic mass is 10.1. The number of hydrogen-bond acceptors (Lipinski definition) is 7. The topological polar surface area (TPSA) is 135 Å². The van der Waals surface area contributed by atoms with Gasteiger partial charge in [0.05, 0.1) is 13.2 Å². The predicted molar refractivity (Wildman–Crippen MR) is 105 cm³/mol. The molecule has 0 saturated carbocycles. The Morgan fingerprint density at radius 3 is 2.68 bits per heavy atom. The zero-order valence-electron chi connectivity index (χ0n) is 16.3. The molecule has 10 nitrogen and oxygen atoms in total. The third kappa shape index (κ3) is 10.3. The fourth-order valence-electron chi connectivity index (χ4n) is 2.94. The van der Waals surface area contributed by atoms with Crippen LogP contribution < -0.4 is 5.32 Å². The summed E-state index contributed by atoms with van der Waals surface area (Å²) in [7, 11) is -3.34. The molecule has 1 saturated heterocycles. The quantitative estimate of drug-likeness (QED) is 0.258. The summed E-state index contributed by atoms with van der Waals surface area (Å²) in [5.74, 6) is -0.164. The highest BCUT2D eigenvalue weighted by atomic mass is 31.2. The van der Waals surface area contributed by atoms with E-state index in [0.29, 0.717) is 45.4 Å². The maximum absolute atomic E-state index is 12.4. The number of amides is 2. The number of phosphoric acid groups is 1. The first-order chi connectivity index (χ1) is 13.4. The van der Waals surface area contributed by atoms with E-state index in [1.807, 2.05) is 0 Å². The molecule has 3 N–H and O–H groups in total. The lowest BCUT2D eigenvalue weighted by molar-refractivity contribution is -0.138. The van der Waals surface area contributed by atoms with Gasteiger partial charge in [-0.15, -0.1) is 0 Å². The molecule has 2 unspecified atom stereocenters. The van der Waals surface area contributed by atoms with Crippen LogP contribution in [0.2, 0.25) is 0 Å². The molecule has 1 fully saturated rings. The molecule has 0 aromatic heterocycles. The van der Waals surface area contributed by atoms with Gasteiger partial charge in [-0.3, -0.25) is 18.6 Å². The first-order valence-electron chi connectivity index (χ1n) is 9.52. The van der Waals surface area contributed by atoms with Crippen molar-refractivity contribution in [3.63, 3.8) is 0 Å². The summed E-state index contributed by atoms with van der Waals surface area (Å²) in [6.45, 7) is 1.57. The second-order valence-electron chi connectivity index (χ2n) is 6.48. The van der Waals surface area contributed by atoms with Crippen LogP contribution in [0.25, 0.3) is 0 Å². The number of likely N-dealkylation sites (tertiary alicyclic amines) is 1. The SMILES string of the molecule is COP(=O)(O)OCCCCNC(=O)[C@@H]1CCCN1C(=O)CCCCCOPO. The molecule has 0 aromatic rings. The average molecular weight is 442 g/mol. The Balaban J connectivity index is 2.21. The van der Waals surface area contributed by atoms with Gasteiger partial charge in [0.2, 0.25) is 11.8 Å². The van der Waals surface area contributed by atoms with Crippen LogP contribution in [0.3, 0.4) is 0 Å². The predicted octanol–water partition coefficient (Wildman–Crippen LogP) is 1.71. The van der Waals surface area contributed by atoms with Crippen molar-refractivity contribution in [2.45, 2.75) is 57.4 Å². The Kier molecular flexibility index (Phi) is 13.1. The van der Waals surface area contributed by atoms with Gasteiger partial charge in [0, 0.05) is 26.6 Å². The minimum atomic E-state index is -3.94. The van der Waals surface area contributed by atoms with E-state index in [0.717, 1.165) is 32.8 Å². The monoisotopic (exact) mass is 442 g/mol. The minimum Gasteiger partial charge on any atom is -0.354 e. The Hall–Kier alpha value is -0.600. The third-order valence-electron chi connectivity index (χ3n) is 4.43. The van der Waals surface area contributed by atoms with Crippen LogP contribution >= 0.6 is 16.9 Å². The number of rotatable bonds is 15. The highest BCUT2D eigenvalue weighted by molar-refractivity contribution is 7.47. The van der Waals surface area contributed by atoms with E-state index in [1.165, 1.54) is 0 Å². The number of carbonyl (C=O) groups is 2. The van der Waals surface area contributed by atoms with Crippen molar-refractivity contribution >= 4 is 28.7 Å². The largest absolute Gasteiger partial charge is 0.471 e. The summed E-state index contributed by atoms with van der Waals surface area (Å²) in [4.78, 5) is 44.1. The van der Waals surface area contributed by atoms with Crippen LogP contribution in [-0.2, 0) is 27.7 Å². The van der Waals surface area contributed by atoms with Crippen molar-refractivity contribution in [1.29, 1.82) is 0 Å². The van der Waals surface area contributed by atoms with Gasteiger partial charge >= 0.3 is 7.82 Å². The zero-order chi connectivity index (χ0) is 20.8. The summed E-state index contributed by atoms with van der Waals surface area (Å²) >= 11 is 0. The maximum atomic E-state index is 12.4. The van der Waals surface area contributed by atoms with Crippen LogP contribution in [0.5, 0.6) is 0 Å². The maximum Gasteiger partial charge on any atom is 0.471 e. The van der Waals surface area contributed by atoms with E-state index in [2.05, 4.69) is 9.84 Å². The Morgan fingerprint density at radius 1 is 1.21 bits per heavy atom. The van der Waals surface area contributed by atoms with Gasteiger partial charge in [0.25, 0.3) is 0 Å². The van der Waals surface area contributed by atoms with E-state index >= 15 is 0 Å². The molecule has 12 heteroatoms. The standard InChI is InChI=1S/C16H32N2O8P2/c1-24-28(22,23)26-13-6-4-10-17-16(20)14-8-7-11-18(14)15(19)9-3-2-5-12-25-27-21/h14,21,27H,2-13H2,1H3,(H,17,20)(H,22,23)/t14-/m0/s1. The number of nitrogens with one attached hydrogen (secondary N) is 1. The van der Waals surface area contributed by atoms with Gasteiger partial charge in [0.1, 0.15) is 6.04 Å². The van der Waals surface area contributed by atoms with Crippen LogP contribution in [0, 0.1) is 0 Å². The molecular formula is C16H32N2O8P2. The fourth-order valence-corrected chi connectivity index (χ4v) is 3.64. The molecule has 0 radical (unpaired) electrons. The van der Waals surface area contributed by atoms with Crippen LogP contribution in [0.4, 0.5) is 0 Å². The van der Waals surface area contributed by atoms with Gasteiger partial charge in [-0.25, -0.2) is 4.57 Å². The Bertz CT molecular complexity index is 523. The van der Waals surface area contributed by atoms with Crippen molar-refractivity contribution in [2.24, 2.45) is 0 Å². The van der Waals surface area contributed by atoms with Gasteiger partial charge in [-0.1, -0.05) is 6.42 Å². The summed E-state index contributed by atoms with van der Waals surface area (Å²) in [5.41, 5.74) is 0. The van der Waals surface area contributed by atoms with Gasteiger partial charge < -0.3 is 24.5 Å². The molecule has 1 aliphatic heterocycles. The average Bonchev–Trinajstić information content (AvgIpc) is 3.17. The second-order valence-corrected chi connectivity index (χ2v) is 8.51. The molecule has 0 aliphatic carbocycles. The minimum absolute atomic E-state index is 0.00531. The van der Waals surface area contributed by atoms with Crippen LogP contribution in [0.1, 0.15) is 51.4 Å². The zero-order valence-corrected chi connectivity index (χ0v) is 18.2. The molecule has 2 amide bonds. The molecule has 3 atom stereocenters. The molecule has 1 heterocycles. The van der Waals surface area contributed by atoms with Crippen molar-refractivity contribution < 1.29 is 37.5 Å². The smallest absolute Gasteiger partial charge is 0.354 e. The van der Waals surface area contributed by atoms with E-state index in [1.54, 1.807) is 4.90 Å². The van der Waals surface area contributed by atoms with Crippen molar-refractivity contribution in [1.82, 2.24) is 10.2 Å². The number of hydrogen-bond donors (Lipinski definition) is 3. The second kappa shape index (κ2) is 14.4. The normalized spacial score (nSPS) is 19.2. The molecule has 0 bridgehead atoms. The highest BCUT2D eigenvalue weighted by Crippen LogP contribution is 2.41. The summed E-state index contributed by atoms with van der Waals surface area (Å²) < 4.78 is 25.0. The van der Waals surface area contributed by atoms with Crippen molar-refractivity contribution in [3.8, 4) is 0 Å². The van der Waals surface area contributed by atoms with E-state index in [4.69, 9.17) is 18.8 Å². The molecular weight excluding hydrogens is 410 g/mol. The van der Waals surface area contributed by atoms with E-state index < -0.39 is 22.9 Å². The first kappa shape index (κ1) is 25.4. The molecule has 1 aliphatic rings. The lowest BCUT2D eigenvalue weighted by Gasteiger charge is -2.24. The van der Waals surface area contributed by atoms with Crippen LogP contribution in [0.15, 0.2) is 0 Å². The van der Waals surface area contributed by atoms with E-state index in [9.17, 15) is 14.2 Å². The van der Waals surface area contributed by atoms with Gasteiger partial charge in [-0.05, 0) is 38.5 Å². The molecule has 164 valence electrons. The number of nitrogens with zero attached hydrogens (tertiary/aromatic N) is 1. The van der Waals surface area contributed by atoms with Gasteiger partial charge in [-0.2, -0.15) is 0 Å². The van der Waals surface area contributed by atoms with Crippen molar-refractivity contribution in [3.05, 3.63) is 0 Å². The van der Waals surface area contributed by atoms with E-state index in [-0.39, 0.29) is 18.4 Å². The number of phosphoric ester groups is 1. The highest BCUT2D eigenvalue weighted by Gasteiger charge is 2.33. The first-order valence-corrected chi connectivity index (χ1v) is 11.9. The Labute approximate surface area is 167 Å². The number of carbonyl (C=O) groups excluding carboxylic acids is 2. The molecule has 28 heavy (non-hydrogen) atoms. The number of unbranched alkanes of at least 4 members (excludes halogenated alkanes) is 3. The fraction of sp³-hybridized carbons (Fsp3) is 0.875. The Morgan fingerprint density at radius 2 is 1.96 bits per heavy atom. The van der Waals surface area contributed by atoms with Gasteiger partial charge in [0.15, 0.2) is 9.03 Å². The third-order valence-corrected chi connectivity index (χ3v) is 5.74. The summed E-state index contributed by atoms with van der Waals surface area (Å²) in [5, 5.41) is 2.82. The summed E-state index contributed by atoms with van der Waals surface area (Å²) in [6, 6.07) is -0.422. The summed E-state index contributed by atoms with van der Waals surface area (Å²) in [6.07, 6.45) is 5.34. The molecule has 0 spiro atoms. The lowest BCUT2D eigenvalue weighted by Crippen LogP contribution is -2.46. The molecule has 0 aromatic carbocycles. The molecule has 1 rings (SSSR count). The van der Waals surface area contributed by atoms with Crippen molar-refractivity contribution in [2.75, 3.05) is 33.4 Å². The van der Waals surface area contributed by atoms with Crippen LogP contribution in [-0.4, -0.2) is 66.0 Å².